The van der Waals surface area contributed by atoms with Gasteiger partial charge in [-0.2, -0.15) is 4.98 Å². The molecule has 1 aliphatic rings. The van der Waals surface area contributed by atoms with Gasteiger partial charge in [0.15, 0.2) is 0 Å². The second-order valence-corrected chi connectivity index (χ2v) is 5.73. The van der Waals surface area contributed by atoms with E-state index in [0.717, 1.165) is 11.1 Å². The number of rotatable bonds is 4. The second kappa shape index (κ2) is 6.19. The fourth-order valence-corrected chi connectivity index (χ4v) is 2.82. The molecule has 1 saturated heterocycles. The molecule has 1 atom stereocenters. The zero-order valence-electron chi connectivity index (χ0n) is 12.9. The highest BCUT2D eigenvalue weighted by Crippen LogP contribution is 2.29. The van der Waals surface area contributed by atoms with Crippen LogP contribution in [0, 0.1) is 0 Å². The van der Waals surface area contributed by atoms with E-state index >= 15 is 0 Å². The maximum Gasteiger partial charge on any atom is 0.232 e. The van der Waals surface area contributed by atoms with Crippen LogP contribution in [0.2, 0.25) is 0 Å². The largest absolute Gasteiger partial charge is 0.339 e. The lowest BCUT2D eigenvalue weighted by Gasteiger charge is -2.15. The van der Waals surface area contributed by atoms with Gasteiger partial charge in [0.05, 0.1) is 5.92 Å². The number of carbonyl (C=O) groups excluding carboxylic acids is 1. The highest BCUT2D eigenvalue weighted by atomic mass is 16.5. The van der Waals surface area contributed by atoms with Gasteiger partial charge in [-0.15, -0.1) is 0 Å². The van der Waals surface area contributed by atoms with Gasteiger partial charge >= 0.3 is 0 Å². The lowest BCUT2D eigenvalue weighted by Crippen LogP contribution is -2.24. The van der Waals surface area contributed by atoms with E-state index in [0.29, 0.717) is 31.2 Å². The van der Waals surface area contributed by atoms with E-state index in [4.69, 9.17) is 4.52 Å². The lowest BCUT2D eigenvalue weighted by molar-refractivity contribution is -0.128. The SMILES string of the molecule is O=C1CC(c2nc(-c3ccncc3)no2)CN1Cc1cccnc1. The zero-order valence-corrected chi connectivity index (χ0v) is 12.9. The number of likely N-dealkylation sites (tertiary alicyclic amines) is 1. The summed E-state index contributed by atoms with van der Waals surface area (Å²) in [5.74, 6) is 1.04. The van der Waals surface area contributed by atoms with Gasteiger partial charge in [-0.25, -0.2) is 0 Å². The van der Waals surface area contributed by atoms with Crippen LogP contribution >= 0.6 is 0 Å². The first kappa shape index (κ1) is 14.5. The topological polar surface area (TPSA) is 85.0 Å². The summed E-state index contributed by atoms with van der Waals surface area (Å²) >= 11 is 0. The van der Waals surface area contributed by atoms with E-state index in [1.807, 2.05) is 24.3 Å². The molecule has 1 unspecified atom stereocenters. The molecule has 1 aliphatic heterocycles. The van der Waals surface area contributed by atoms with E-state index < -0.39 is 0 Å². The van der Waals surface area contributed by atoms with Gasteiger partial charge in [0, 0.05) is 49.9 Å². The van der Waals surface area contributed by atoms with Gasteiger partial charge in [-0.3, -0.25) is 14.8 Å². The molecular weight excluding hydrogens is 306 g/mol. The predicted molar refractivity (Wildman–Crippen MR) is 84.5 cm³/mol. The van der Waals surface area contributed by atoms with Crippen LogP contribution in [0.3, 0.4) is 0 Å². The number of nitrogens with zero attached hydrogens (tertiary/aromatic N) is 5. The monoisotopic (exact) mass is 321 g/mol. The van der Waals surface area contributed by atoms with Crippen LogP contribution in [0.1, 0.15) is 23.8 Å². The average Bonchev–Trinajstić information content (AvgIpc) is 3.24. The van der Waals surface area contributed by atoms with Gasteiger partial charge < -0.3 is 9.42 Å². The zero-order chi connectivity index (χ0) is 16.4. The quantitative estimate of drug-likeness (QED) is 0.731. The molecule has 1 fully saturated rings. The minimum atomic E-state index is -0.0720. The highest BCUT2D eigenvalue weighted by Gasteiger charge is 2.34. The molecule has 24 heavy (non-hydrogen) atoms. The van der Waals surface area contributed by atoms with E-state index in [2.05, 4.69) is 20.1 Å². The van der Waals surface area contributed by atoms with Gasteiger partial charge in [0.25, 0.3) is 0 Å². The Morgan fingerprint density at radius 1 is 1.17 bits per heavy atom. The van der Waals surface area contributed by atoms with Gasteiger partial charge in [-0.05, 0) is 23.8 Å². The second-order valence-electron chi connectivity index (χ2n) is 5.73. The number of hydrogen-bond donors (Lipinski definition) is 0. The van der Waals surface area contributed by atoms with Crippen molar-refractivity contribution in [1.82, 2.24) is 25.0 Å². The molecule has 3 aromatic rings. The third-order valence-electron chi connectivity index (χ3n) is 4.04. The number of aromatic nitrogens is 4. The van der Waals surface area contributed by atoms with Gasteiger partial charge in [0.1, 0.15) is 0 Å². The molecular formula is C17H15N5O2. The Kier molecular flexibility index (Phi) is 3.74. The summed E-state index contributed by atoms with van der Waals surface area (Å²) in [6, 6.07) is 7.47. The smallest absolute Gasteiger partial charge is 0.232 e. The molecule has 0 aliphatic carbocycles. The molecule has 0 spiro atoms. The third kappa shape index (κ3) is 2.88. The van der Waals surface area contributed by atoms with Crippen molar-refractivity contribution in [3.63, 3.8) is 0 Å². The van der Waals surface area contributed by atoms with Crippen LogP contribution in [0.4, 0.5) is 0 Å². The van der Waals surface area contributed by atoms with Gasteiger partial charge in [0.2, 0.25) is 17.6 Å². The minimum absolute atomic E-state index is 0.0720. The number of carbonyl (C=O) groups is 1. The summed E-state index contributed by atoms with van der Waals surface area (Å²) in [5, 5.41) is 4.01. The van der Waals surface area contributed by atoms with Crippen LogP contribution in [0.5, 0.6) is 0 Å². The Balaban J connectivity index is 1.48. The Labute approximate surface area is 138 Å². The number of pyridine rings is 2. The summed E-state index contributed by atoms with van der Waals surface area (Å²) in [7, 11) is 0. The van der Waals surface area contributed by atoms with Crippen molar-refractivity contribution in [1.29, 1.82) is 0 Å². The molecule has 0 aromatic carbocycles. The highest BCUT2D eigenvalue weighted by molar-refractivity contribution is 5.79. The normalized spacial score (nSPS) is 17.4. The maximum atomic E-state index is 12.2. The number of amides is 1. The van der Waals surface area contributed by atoms with E-state index in [1.54, 1.807) is 29.7 Å². The van der Waals surface area contributed by atoms with Crippen molar-refractivity contribution >= 4 is 5.91 Å². The molecule has 1 amide bonds. The van der Waals surface area contributed by atoms with E-state index in [1.165, 1.54) is 0 Å². The Morgan fingerprint density at radius 2 is 2.04 bits per heavy atom. The van der Waals surface area contributed by atoms with E-state index in [-0.39, 0.29) is 11.8 Å². The molecule has 4 heterocycles. The molecule has 7 nitrogen and oxygen atoms in total. The van der Waals surface area contributed by atoms with Crippen molar-refractivity contribution in [3.8, 4) is 11.4 Å². The third-order valence-corrected chi connectivity index (χ3v) is 4.04. The standard InChI is InChI=1S/C17H15N5O2/c23-15-8-14(11-22(15)10-12-2-1-5-19-9-12)17-20-16(21-24-17)13-3-6-18-7-4-13/h1-7,9,14H,8,10-11H2. The molecule has 0 radical (unpaired) electrons. The lowest BCUT2D eigenvalue weighted by atomic mass is 10.1. The molecule has 0 saturated carbocycles. The summed E-state index contributed by atoms with van der Waals surface area (Å²) in [6.07, 6.45) is 7.24. The Morgan fingerprint density at radius 3 is 2.83 bits per heavy atom. The first-order valence-electron chi connectivity index (χ1n) is 7.70. The maximum absolute atomic E-state index is 12.2. The Hall–Kier alpha value is -3.09. The van der Waals surface area contributed by atoms with Crippen molar-refractivity contribution in [2.45, 2.75) is 18.9 Å². The van der Waals surface area contributed by atoms with E-state index in [9.17, 15) is 4.79 Å². The Bertz CT molecular complexity index is 834. The summed E-state index contributed by atoms with van der Waals surface area (Å²) in [6.45, 7) is 1.13. The van der Waals surface area contributed by atoms with Crippen LogP contribution < -0.4 is 0 Å². The van der Waals surface area contributed by atoms with Crippen LogP contribution in [0.15, 0.2) is 53.6 Å². The predicted octanol–water partition coefficient (Wildman–Crippen LogP) is 2.04. The minimum Gasteiger partial charge on any atom is -0.339 e. The fraction of sp³-hybridized carbons (Fsp3) is 0.235. The van der Waals surface area contributed by atoms with Crippen molar-refractivity contribution in [2.24, 2.45) is 0 Å². The van der Waals surface area contributed by atoms with Crippen molar-refractivity contribution < 1.29 is 9.32 Å². The van der Waals surface area contributed by atoms with Gasteiger partial charge in [-0.1, -0.05) is 11.2 Å². The summed E-state index contributed by atoms with van der Waals surface area (Å²) < 4.78 is 5.38. The van der Waals surface area contributed by atoms with Crippen molar-refractivity contribution in [3.05, 3.63) is 60.5 Å². The van der Waals surface area contributed by atoms with Crippen molar-refractivity contribution in [2.75, 3.05) is 6.54 Å². The number of hydrogen-bond acceptors (Lipinski definition) is 6. The molecule has 0 N–H and O–H groups in total. The van der Waals surface area contributed by atoms with Crippen LogP contribution in [-0.2, 0) is 11.3 Å². The van der Waals surface area contributed by atoms with Crippen LogP contribution in [-0.4, -0.2) is 37.5 Å². The molecule has 7 heteroatoms. The molecule has 3 aromatic heterocycles. The molecule has 0 bridgehead atoms. The molecule has 4 rings (SSSR count). The summed E-state index contributed by atoms with van der Waals surface area (Å²) in [5.41, 5.74) is 1.85. The fourth-order valence-electron chi connectivity index (χ4n) is 2.82. The van der Waals surface area contributed by atoms with Crippen LogP contribution in [0.25, 0.3) is 11.4 Å². The summed E-state index contributed by atoms with van der Waals surface area (Å²) in [4.78, 5) is 26.5. The first-order chi connectivity index (χ1) is 11.8. The molecule has 120 valence electrons. The average molecular weight is 321 g/mol. The first-order valence-corrected chi connectivity index (χ1v) is 7.70.